The molecule has 7 heteroatoms. The molecule has 0 aromatic heterocycles. The Morgan fingerprint density at radius 3 is 2.03 bits per heavy atom. The summed E-state index contributed by atoms with van der Waals surface area (Å²) in [5.74, 6) is 1.03. The lowest BCUT2D eigenvalue weighted by molar-refractivity contribution is 0.0526. The zero-order valence-electron chi connectivity index (χ0n) is 24.6. The first-order chi connectivity index (χ1) is 18.2. The maximum absolute atomic E-state index is 13.8. The first kappa shape index (κ1) is 30.9. The first-order valence-electron chi connectivity index (χ1n) is 13.8. The van der Waals surface area contributed by atoms with Gasteiger partial charge in [-0.25, -0.2) is 4.79 Å². The van der Waals surface area contributed by atoms with Crippen LogP contribution in [0.4, 0.5) is 0 Å². The van der Waals surface area contributed by atoms with Crippen LogP contribution in [0.3, 0.4) is 0 Å². The van der Waals surface area contributed by atoms with E-state index in [0.717, 1.165) is 35.4 Å². The number of ether oxygens (including phenoxy) is 1. The maximum atomic E-state index is 13.8. The van der Waals surface area contributed by atoms with Crippen LogP contribution in [-0.4, -0.2) is 47.3 Å². The number of carbonyl (C=O) groups excluding carboxylic acids is 2. The Bertz CT molecular complexity index is 1190. The Balaban J connectivity index is 1.95. The third-order valence-corrected chi connectivity index (χ3v) is 7.80. The van der Waals surface area contributed by atoms with Crippen LogP contribution in [-0.2, 0) is 15.6 Å². The van der Waals surface area contributed by atoms with Crippen LogP contribution in [0.15, 0.2) is 40.4 Å². The van der Waals surface area contributed by atoms with E-state index in [4.69, 9.17) is 4.74 Å². The number of hydrogen-bond donors (Lipinski definition) is 1. The third kappa shape index (κ3) is 6.92. The number of phenolic OH excluding ortho intramolecular Hbond substituents is 1. The van der Waals surface area contributed by atoms with Gasteiger partial charge in [-0.2, -0.15) is 4.02 Å². The highest BCUT2D eigenvalue weighted by Crippen LogP contribution is 2.41. The van der Waals surface area contributed by atoms with Crippen LogP contribution in [0, 0.1) is 5.92 Å². The van der Waals surface area contributed by atoms with Crippen LogP contribution < -0.4 is 0 Å². The molecule has 0 unspecified atom stereocenters. The van der Waals surface area contributed by atoms with Gasteiger partial charge in [0, 0.05) is 29.2 Å². The molecule has 1 N–H and O–H groups in total. The molecule has 0 saturated carbocycles. The highest BCUT2D eigenvalue weighted by molar-refractivity contribution is 9.08. The summed E-state index contributed by atoms with van der Waals surface area (Å²) < 4.78 is 9.62. The molecule has 6 nitrogen and oxygen atoms in total. The fourth-order valence-corrected chi connectivity index (χ4v) is 5.88. The number of Topliss-reactive ketones (excluding diaryl/α,β-unsaturated/α-hetero) is 1. The number of halogens is 1. The molecule has 2 aromatic rings. The number of benzene rings is 2. The van der Waals surface area contributed by atoms with E-state index in [1.54, 1.807) is 19.1 Å². The van der Waals surface area contributed by atoms with E-state index in [0.29, 0.717) is 24.3 Å². The number of phenols is 1. The van der Waals surface area contributed by atoms with Gasteiger partial charge in [0.1, 0.15) is 11.6 Å². The molecule has 3 rings (SSSR count). The van der Waals surface area contributed by atoms with E-state index in [9.17, 15) is 14.7 Å². The third-order valence-electron chi connectivity index (χ3n) is 7.44. The predicted molar refractivity (Wildman–Crippen MR) is 161 cm³/mol. The van der Waals surface area contributed by atoms with Crippen LogP contribution in [0.2, 0.25) is 0 Å². The fourth-order valence-electron chi connectivity index (χ4n) is 5.44. The van der Waals surface area contributed by atoms with Crippen molar-refractivity contribution in [3.05, 3.63) is 64.2 Å². The van der Waals surface area contributed by atoms with E-state index in [1.165, 1.54) is 0 Å². The average molecular weight is 600 g/mol. The number of aromatic hydroxyl groups is 1. The van der Waals surface area contributed by atoms with Gasteiger partial charge >= 0.3 is 5.97 Å². The molecule has 2 atom stereocenters. The van der Waals surface area contributed by atoms with Gasteiger partial charge in [-0.15, -0.1) is 0 Å². The predicted octanol–water partition coefficient (Wildman–Crippen LogP) is 7.57. The van der Waals surface area contributed by atoms with Gasteiger partial charge in [0.15, 0.2) is 5.78 Å². The van der Waals surface area contributed by atoms with Crippen molar-refractivity contribution in [1.82, 2.24) is 4.90 Å². The number of rotatable bonds is 8. The minimum atomic E-state index is -0.333. The van der Waals surface area contributed by atoms with Crippen molar-refractivity contribution in [3.63, 3.8) is 0 Å². The first-order valence-corrected chi connectivity index (χ1v) is 14.6. The Labute approximate surface area is 242 Å². The van der Waals surface area contributed by atoms with Gasteiger partial charge in [0.25, 0.3) is 0 Å². The number of esters is 1. The maximum Gasteiger partial charge on any atom is 0.338 e. The second-order valence-corrected chi connectivity index (χ2v) is 12.9. The van der Waals surface area contributed by atoms with Gasteiger partial charge in [0.2, 0.25) is 0 Å². The molecule has 1 fully saturated rings. The Morgan fingerprint density at radius 2 is 1.56 bits per heavy atom. The second-order valence-electron chi connectivity index (χ2n) is 12.5. The molecule has 1 heterocycles. The summed E-state index contributed by atoms with van der Waals surface area (Å²) in [6.45, 7) is 17.5. The minimum Gasteiger partial charge on any atom is -0.507 e. The highest BCUT2D eigenvalue weighted by Gasteiger charge is 2.40. The molecule has 0 radical (unpaired) electrons. The van der Waals surface area contributed by atoms with Crippen molar-refractivity contribution in [1.29, 1.82) is 0 Å². The number of hydrogen-bond acceptors (Lipinski definition) is 5. The van der Waals surface area contributed by atoms with Crippen LogP contribution in [0.5, 0.6) is 5.75 Å². The van der Waals surface area contributed by atoms with Crippen molar-refractivity contribution in [2.24, 2.45) is 9.94 Å². The molecular formula is C32H43BrN2O4. The number of amidine groups is 1. The summed E-state index contributed by atoms with van der Waals surface area (Å²) in [7, 11) is 0. The van der Waals surface area contributed by atoms with Crippen molar-refractivity contribution < 1.29 is 19.4 Å². The van der Waals surface area contributed by atoms with E-state index < -0.39 is 0 Å². The fraction of sp³-hybridized carbons (Fsp3) is 0.531. The molecule has 0 spiro atoms. The zero-order valence-corrected chi connectivity index (χ0v) is 26.2. The topological polar surface area (TPSA) is 79.2 Å². The van der Waals surface area contributed by atoms with E-state index in [1.807, 2.05) is 65.8 Å². The zero-order chi connectivity index (χ0) is 29.1. The van der Waals surface area contributed by atoms with Crippen molar-refractivity contribution in [2.75, 3.05) is 19.7 Å². The number of nitrogens with zero attached hydrogens (tertiary/aromatic N) is 2. The van der Waals surface area contributed by atoms with Crippen molar-refractivity contribution >= 4 is 33.7 Å². The van der Waals surface area contributed by atoms with E-state index in [2.05, 4.69) is 32.0 Å². The summed E-state index contributed by atoms with van der Waals surface area (Å²) in [4.78, 5) is 28.0. The molecule has 0 bridgehead atoms. The Hall–Kier alpha value is -2.67. The highest BCUT2D eigenvalue weighted by atomic mass is 79.9. The largest absolute Gasteiger partial charge is 0.507 e. The van der Waals surface area contributed by atoms with Crippen LogP contribution >= 0.6 is 16.1 Å². The van der Waals surface area contributed by atoms with E-state index in [-0.39, 0.29) is 46.7 Å². The molecule has 212 valence electrons. The summed E-state index contributed by atoms with van der Waals surface area (Å²) in [6, 6.07) is 11.2. The van der Waals surface area contributed by atoms with Gasteiger partial charge in [-0.05, 0) is 59.9 Å². The van der Waals surface area contributed by atoms with Crippen LogP contribution in [0.25, 0.3) is 0 Å². The second kappa shape index (κ2) is 12.2. The Morgan fingerprint density at radius 1 is 1.00 bits per heavy atom. The molecule has 1 aliphatic heterocycles. The summed E-state index contributed by atoms with van der Waals surface area (Å²) in [6.07, 6.45) is 2.00. The smallest absolute Gasteiger partial charge is 0.338 e. The molecule has 1 saturated heterocycles. The lowest BCUT2D eigenvalue weighted by Crippen LogP contribution is -2.32. The molecule has 0 amide bonds. The van der Waals surface area contributed by atoms with Gasteiger partial charge in [-0.1, -0.05) is 67.0 Å². The molecular weight excluding hydrogens is 556 g/mol. The standard InChI is InChI=1S/C32H43BrN2O4/c1-9-11-22-18-35(29(34-33)27(22)20-12-14-21(15-13-20)30(38)39-10-2)19-26(36)23-16-24(31(3,4)5)28(37)25(17-23)32(6,7)8/h12-17,22,27,37H,9-11,18-19H2,1-8H3/b34-29-/t22-,27+/m0/s1. The number of likely N-dealkylation sites (tertiary alicyclic amines) is 1. The average Bonchev–Trinajstić information content (AvgIpc) is 3.19. The monoisotopic (exact) mass is 598 g/mol. The Kier molecular flexibility index (Phi) is 9.69. The summed E-state index contributed by atoms with van der Waals surface area (Å²) >= 11 is 3.35. The van der Waals surface area contributed by atoms with Crippen molar-refractivity contribution in [3.8, 4) is 5.75 Å². The minimum absolute atomic E-state index is 0.00320. The van der Waals surface area contributed by atoms with Gasteiger partial charge in [0.05, 0.1) is 34.9 Å². The van der Waals surface area contributed by atoms with Gasteiger partial charge in [-0.3, -0.25) is 4.79 Å². The van der Waals surface area contributed by atoms with Crippen LogP contribution in [0.1, 0.15) is 112 Å². The molecule has 2 aromatic carbocycles. The molecule has 1 aliphatic rings. The summed E-state index contributed by atoms with van der Waals surface area (Å²) in [5, 5.41) is 11.1. The lowest BCUT2D eigenvalue weighted by atomic mass is 9.78. The quantitative estimate of drug-likeness (QED) is 0.250. The van der Waals surface area contributed by atoms with E-state index >= 15 is 0 Å². The summed E-state index contributed by atoms with van der Waals surface area (Å²) in [5.41, 5.74) is 3.10. The van der Waals surface area contributed by atoms with Crippen molar-refractivity contribution in [2.45, 2.75) is 85.0 Å². The molecule has 39 heavy (non-hydrogen) atoms. The molecule has 0 aliphatic carbocycles. The number of ketones is 1. The SMILES string of the molecule is CCC[C@H]1CN(CC(=O)c2cc(C(C)(C)C)c(O)c(C(C)(C)C)c2)/C(=N\Br)[C@@H]1c1ccc(C(=O)OCC)cc1. The number of carbonyl (C=O) groups is 2. The normalized spacial score (nSPS) is 19.0. The van der Waals surface area contributed by atoms with Gasteiger partial charge < -0.3 is 14.7 Å². The lowest BCUT2D eigenvalue weighted by Gasteiger charge is -2.28.